The van der Waals surface area contributed by atoms with Gasteiger partial charge in [0, 0.05) is 25.1 Å². The molecule has 2 aromatic rings. The van der Waals surface area contributed by atoms with Gasteiger partial charge in [-0.05, 0) is 19.1 Å². The second kappa shape index (κ2) is 5.17. The zero-order valence-corrected chi connectivity index (χ0v) is 10.0. The summed E-state index contributed by atoms with van der Waals surface area (Å²) in [6.07, 6.45) is 3.10. The van der Waals surface area contributed by atoms with Crippen LogP contribution in [-0.2, 0) is 0 Å². The van der Waals surface area contributed by atoms with Crippen LogP contribution in [0.5, 0.6) is 0 Å². The normalized spacial score (nSPS) is 9.89. The molecular formula is C11H12N6O. The molecule has 0 fully saturated rings. The quantitative estimate of drug-likeness (QED) is 0.832. The highest BCUT2D eigenvalue weighted by Gasteiger charge is 2.11. The first-order valence-corrected chi connectivity index (χ1v) is 5.31. The van der Waals surface area contributed by atoms with E-state index >= 15 is 0 Å². The molecule has 2 aromatic heterocycles. The van der Waals surface area contributed by atoms with Crippen LogP contribution in [0.15, 0.2) is 24.5 Å². The van der Waals surface area contributed by atoms with E-state index in [2.05, 4.69) is 30.6 Å². The zero-order chi connectivity index (χ0) is 13.0. The van der Waals surface area contributed by atoms with Gasteiger partial charge in [0.1, 0.15) is 5.69 Å². The first-order valence-electron chi connectivity index (χ1n) is 5.31. The van der Waals surface area contributed by atoms with E-state index in [-0.39, 0.29) is 17.5 Å². The number of aryl methyl sites for hydroxylation is 1. The Morgan fingerprint density at radius 1 is 1.17 bits per heavy atom. The monoisotopic (exact) mass is 244 g/mol. The summed E-state index contributed by atoms with van der Waals surface area (Å²) in [6, 6.07) is 3.27. The van der Waals surface area contributed by atoms with Crippen LogP contribution >= 0.6 is 0 Å². The van der Waals surface area contributed by atoms with E-state index in [1.54, 1.807) is 38.5 Å². The molecule has 0 spiro atoms. The fourth-order valence-electron chi connectivity index (χ4n) is 1.33. The molecule has 18 heavy (non-hydrogen) atoms. The Morgan fingerprint density at radius 3 is 2.56 bits per heavy atom. The highest BCUT2D eigenvalue weighted by atomic mass is 16.2. The van der Waals surface area contributed by atoms with E-state index in [9.17, 15) is 4.79 Å². The van der Waals surface area contributed by atoms with Crippen LogP contribution < -0.4 is 10.6 Å². The van der Waals surface area contributed by atoms with Crippen molar-refractivity contribution in [2.24, 2.45) is 0 Å². The minimum absolute atomic E-state index is 0.241. The van der Waals surface area contributed by atoms with Crippen LogP contribution in [0.1, 0.15) is 16.2 Å². The summed E-state index contributed by atoms with van der Waals surface area (Å²) in [5.74, 6) is 0.266. The number of carbonyl (C=O) groups is 1. The van der Waals surface area contributed by atoms with E-state index in [1.807, 2.05) is 0 Å². The molecule has 0 aliphatic heterocycles. The molecular weight excluding hydrogens is 232 g/mol. The third-order valence-electron chi connectivity index (χ3n) is 2.10. The molecule has 0 aliphatic carbocycles. The predicted octanol–water partition coefficient (Wildman–Crippen LogP) is 0.869. The third kappa shape index (κ3) is 2.76. The molecule has 0 aliphatic rings. The summed E-state index contributed by atoms with van der Waals surface area (Å²) in [5, 5.41) is 5.35. The molecule has 0 saturated heterocycles. The molecule has 0 unspecified atom stereocenters. The van der Waals surface area contributed by atoms with Crippen molar-refractivity contribution in [3.05, 3.63) is 35.9 Å². The number of nitrogens with zero attached hydrogens (tertiary/aromatic N) is 4. The van der Waals surface area contributed by atoms with Crippen LogP contribution in [0, 0.1) is 6.92 Å². The lowest BCUT2D eigenvalue weighted by Gasteiger charge is -2.05. The lowest BCUT2D eigenvalue weighted by molar-refractivity contribution is 0.102. The van der Waals surface area contributed by atoms with Crippen molar-refractivity contribution in [3.63, 3.8) is 0 Å². The Bertz CT molecular complexity index is 557. The number of amides is 1. The van der Waals surface area contributed by atoms with Gasteiger partial charge in [-0.25, -0.2) is 19.9 Å². The molecule has 0 aromatic carbocycles. The van der Waals surface area contributed by atoms with E-state index in [0.717, 1.165) is 0 Å². The Balaban J connectivity index is 2.21. The van der Waals surface area contributed by atoms with Gasteiger partial charge in [0.2, 0.25) is 11.9 Å². The van der Waals surface area contributed by atoms with Crippen LogP contribution in [0.25, 0.3) is 0 Å². The second-order valence-electron chi connectivity index (χ2n) is 3.49. The summed E-state index contributed by atoms with van der Waals surface area (Å²) in [6.45, 7) is 1.79. The molecule has 7 heteroatoms. The van der Waals surface area contributed by atoms with Crippen LogP contribution in [0.4, 0.5) is 11.9 Å². The van der Waals surface area contributed by atoms with Gasteiger partial charge in [-0.1, -0.05) is 0 Å². The molecule has 1 amide bonds. The Hall–Kier alpha value is -2.57. The first kappa shape index (κ1) is 11.9. The highest BCUT2D eigenvalue weighted by molar-refractivity contribution is 6.02. The number of aromatic nitrogens is 4. The van der Waals surface area contributed by atoms with Crippen LogP contribution in [0.3, 0.4) is 0 Å². The molecule has 7 nitrogen and oxygen atoms in total. The summed E-state index contributed by atoms with van der Waals surface area (Å²) in [4.78, 5) is 27.9. The highest BCUT2D eigenvalue weighted by Crippen LogP contribution is 2.06. The summed E-state index contributed by atoms with van der Waals surface area (Å²) < 4.78 is 0. The summed E-state index contributed by atoms with van der Waals surface area (Å²) in [7, 11) is 1.69. The summed E-state index contributed by atoms with van der Waals surface area (Å²) in [5.41, 5.74) is 0.966. The lowest BCUT2D eigenvalue weighted by atomic mass is 10.3. The maximum absolute atomic E-state index is 11.9. The maximum atomic E-state index is 11.9. The van der Waals surface area contributed by atoms with E-state index in [4.69, 9.17) is 0 Å². The fraction of sp³-hybridized carbons (Fsp3) is 0.182. The van der Waals surface area contributed by atoms with Crippen LogP contribution in [-0.4, -0.2) is 32.9 Å². The molecule has 0 bridgehead atoms. The maximum Gasteiger partial charge on any atom is 0.276 e. The van der Waals surface area contributed by atoms with Gasteiger partial charge >= 0.3 is 0 Å². The van der Waals surface area contributed by atoms with Crippen molar-refractivity contribution in [3.8, 4) is 0 Å². The number of rotatable bonds is 3. The van der Waals surface area contributed by atoms with Gasteiger partial charge in [0.25, 0.3) is 5.91 Å². The number of hydrogen-bond donors (Lipinski definition) is 2. The SMILES string of the molecule is CNc1nc(C)cc(C(=O)Nc2ncccn2)n1. The van der Waals surface area contributed by atoms with Crippen LogP contribution in [0.2, 0.25) is 0 Å². The number of hydrogen-bond acceptors (Lipinski definition) is 6. The second-order valence-corrected chi connectivity index (χ2v) is 3.49. The van der Waals surface area contributed by atoms with Crippen molar-refractivity contribution in [1.82, 2.24) is 19.9 Å². The van der Waals surface area contributed by atoms with Crippen molar-refractivity contribution in [1.29, 1.82) is 0 Å². The van der Waals surface area contributed by atoms with Gasteiger partial charge in [0.15, 0.2) is 0 Å². The smallest absolute Gasteiger partial charge is 0.276 e. The van der Waals surface area contributed by atoms with Gasteiger partial charge in [-0.2, -0.15) is 0 Å². The topological polar surface area (TPSA) is 92.7 Å². The average molecular weight is 244 g/mol. The molecule has 92 valence electrons. The largest absolute Gasteiger partial charge is 0.357 e. The number of nitrogens with one attached hydrogen (secondary N) is 2. The van der Waals surface area contributed by atoms with Gasteiger partial charge in [-0.3, -0.25) is 10.1 Å². The van der Waals surface area contributed by atoms with Gasteiger partial charge in [0.05, 0.1) is 0 Å². The van der Waals surface area contributed by atoms with E-state index < -0.39 is 0 Å². The van der Waals surface area contributed by atoms with E-state index in [0.29, 0.717) is 11.6 Å². The Labute approximate surface area is 104 Å². The Kier molecular flexibility index (Phi) is 3.42. The lowest BCUT2D eigenvalue weighted by Crippen LogP contribution is -2.17. The standard InChI is InChI=1S/C11H12N6O/c1-7-6-8(16-10(12-2)15-7)9(18)17-11-13-4-3-5-14-11/h3-6H,1-2H3,(H,12,15,16)(H,13,14,17,18). The first-order chi connectivity index (χ1) is 8.69. The van der Waals surface area contributed by atoms with E-state index in [1.165, 1.54) is 0 Å². The Morgan fingerprint density at radius 2 is 1.89 bits per heavy atom. The van der Waals surface area contributed by atoms with Crippen molar-refractivity contribution < 1.29 is 4.79 Å². The number of carbonyl (C=O) groups excluding carboxylic acids is 1. The molecule has 2 rings (SSSR count). The minimum atomic E-state index is -0.372. The van der Waals surface area contributed by atoms with Gasteiger partial charge < -0.3 is 5.32 Å². The molecule has 0 saturated carbocycles. The molecule has 0 radical (unpaired) electrons. The molecule has 2 heterocycles. The summed E-state index contributed by atoms with van der Waals surface area (Å²) >= 11 is 0. The van der Waals surface area contributed by atoms with Crippen molar-refractivity contribution >= 4 is 17.8 Å². The minimum Gasteiger partial charge on any atom is -0.357 e. The molecule has 2 N–H and O–H groups in total. The van der Waals surface area contributed by atoms with Crippen molar-refractivity contribution in [2.75, 3.05) is 17.7 Å². The number of anilines is 2. The molecule has 0 atom stereocenters. The van der Waals surface area contributed by atoms with Gasteiger partial charge in [-0.15, -0.1) is 0 Å². The average Bonchev–Trinajstić information content (AvgIpc) is 2.39. The predicted molar refractivity (Wildman–Crippen MR) is 66.3 cm³/mol. The third-order valence-corrected chi connectivity index (χ3v) is 2.10. The van der Waals surface area contributed by atoms with Crippen molar-refractivity contribution in [2.45, 2.75) is 6.92 Å². The zero-order valence-electron chi connectivity index (χ0n) is 10.0. The fourth-order valence-corrected chi connectivity index (χ4v) is 1.33.